The number of carbonyl (C=O) groups is 2. The molecule has 0 spiro atoms. The number of likely N-dealkylation sites (tertiary alicyclic amines) is 1. The van der Waals surface area contributed by atoms with Gasteiger partial charge in [0, 0.05) is 45.9 Å². The number of rotatable bonds is 6. The van der Waals surface area contributed by atoms with Crippen molar-refractivity contribution in [1.82, 2.24) is 14.7 Å². The normalized spacial score (nSPS) is 13.8. The van der Waals surface area contributed by atoms with Gasteiger partial charge in [-0.15, -0.1) is 0 Å². The third-order valence-corrected chi connectivity index (χ3v) is 4.35. The fourth-order valence-electron chi connectivity index (χ4n) is 2.92. The van der Waals surface area contributed by atoms with E-state index < -0.39 is 4.92 Å². The number of benzene rings is 1. The molecule has 148 valence electrons. The van der Waals surface area contributed by atoms with Gasteiger partial charge >= 0.3 is 12.1 Å². The van der Waals surface area contributed by atoms with Gasteiger partial charge < -0.3 is 19.4 Å². The fourth-order valence-corrected chi connectivity index (χ4v) is 2.92. The van der Waals surface area contributed by atoms with Gasteiger partial charge in [0.25, 0.3) is 5.69 Å². The molecule has 1 fully saturated rings. The first-order valence-corrected chi connectivity index (χ1v) is 8.99. The van der Waals surface area contributed by atoms with Crippen molar-refractivity contribution in [2.24, 2.45) is 0 Å². The van der Waals surface area contributed by atoms with Gasteiger partial charge in [0.05, 0.1) is 11.5 Å². The molecule has 0 aliphatic carbocycles. The highest BCUT2D eigenvalue weighted by Gasteiger charge is 2.20. The summed E-state index contributed by atoms with van der Waals surface area (Å²) in [5.41, 5.74) is 0.614. The summed E-state index contributed by atoms with van der Waals surface area (Å²) in [6.45, 7) is 1.88. The molecule has 1 aliphatic rings. The molecule has 9 heteroatoms. The molecular weight excluding hydrogens is 352 g/mol. The highest BCUT2D eigenvalue weighted by atomic mass is 16.6. The van der Waals surface area contributed by atoms with Gasteiger partial charge in [-0.1, -0.05) is 12.1 Å². The molecule has 0 unspecified atom stereocenters. The van der Waals surface area contributed by atoms with Crippen LogP contribution in [0.4, 0.5) is 15.3 Å². The molecule has 3 amide bonds. The van der Waals surface area contributed by atoms with Crippen molar-refractivity contribution in [2.45, 2.75) is 25.8 Å². The second kappa shape index (κ2) is 9.75. The average molecular weight is 378 g/mol. The van der Waals surface area contributed by atoms with Crippen LogP contribution in [0.2, 0.25) is 0 Å². The lowest BCUT2D eigenvalue weighted by Crippen LogP contribution is -2.42. The van der Waals surface area contributed by atoms with E-state index in [1.807, 2.05) is 0 Å². The minimum absolute atomic E-state index is 0.0266. The molecule has 9 nitrogen and oxygen atoms in total. The van der Waals surface area contributed by atoms with Crippen molar-refractivity contribution >= 4 is 17.8 Å². The van der Waals surface area contributed by atoms with E-state index in [1.165, 1.54) is 21.9 Å². The van der Waals surface area contributed by atoms with Crippen LogP contribution in [0.3, 0.4) is 0 Å². The minimum Gasteiger partial charge on any atom is -0.448 e. The van der Waals surface area contributed by atoms with E-state index in [0.29, 0.717) is 18.7 Å². The molecule has 0 bridgehead atoms. The van der Waals surface area contributed by atoms with E-state index in [0.717, 1.165) is 19.3 Å². The number of piperidine rings is 1. The van der Waals surface area contributed by atoms with Crippen molar-refractivity contribution in [2.75, 3.05) is 40.3 Å². The third kappa shape index (κ3) is 6.12. The largest absolute Gasteiger partial charge is 0.448 e. The summed E-state index contributed by atoms with van der Waals surface area (Å²) in [6, 6.07) is 5.90. The van der Waals surface area contributed by atoms with Gasteiger partial charge in [-0.25, -0.2) is 9.59 Å². The number of amides is 3. The molecule has 0 saturated carbocycles. The Labute approximate surface area is 158 Å². The average Bonchev–Trinajstić information content (AvgIpc) is 2.67. The Morgan fingerprint density at radius 1 is 1.22 bits per heavy atom. The van der Waals surface area contributed by atoms with Crippen molar-refractivity contribution < 1.29 is 19.2 Å². The van der Waals surface area contributed by atoms with Crippen molar-refractivity contribution in [3.05, 3.63) is 39.9 Å². The highest BCUT2D eigenvalue weighted by molar-refractivity contribution is 5.74. The molecule has 1 aromatic carbocycles. The lowest BCUT2D eigenvalue weighted by Gasteiger charge is -2.28. The molecule has 1 saturated heterocycles. The zero-order valence-electron chi connectivity index (χ0n) is 15.8. The van der Waals surface area contributed by atoms with Crippen LogP contribution in [0.1, 0.15) is 24.8 Å². The first kappa shape index (κ1) is 20.5. The van der Waals surface area contributed by atoms with Crippen LogP contribution < -0.4 is 0 Å². The summed E-state index contributed by atoms with van der Waals surface area (Å²) in [6.07, 6.45) is 2.72. The molecule has 0 N–H and O–H groups in total. The smallest absolute Gasteiger partial charge is 0.409 e. The lowest BCUT2D eigenvalue weighted by atomic mass is 10.1. The van der Waals surface area contributed by atoms with Crippen molar-refractivity contribution in [3.63, 3.8) is 0 Å². The van der Waals surface area contributed by atoms with Gasteiger partial charge in [0.15, 0.2) is 0 Å². The second-order valence-electron chi connectivity index (χ2n) is 6.69. The van der Waals surface area contributed by atoms with Gasteiger partial charge in [-0.2, -0.15) is 0 Å². The zero-order valence-corrected chi connectivity index (χ0v) is 15.8. The van der Waals surface area contributed by atoms with E-state index in [1.54, 1.807) is 31.1 Å². The summed E-state index contributed by atoms with van der Waals surface area (Å²) < 4.78 is 5.31. The number of hydrogen-bond acceptors (Lipinski definition) is 5. The number of nitro benzene ring substituents is 1. The quantitative estimate of drug-likeness (QED) is 0.560. The number of non-ortho nitro benzene ring substituents is 1. The van der Waals surface area contributed by atoms with E-state index in [-0.39, 0.29) is 37.5 Å². The first-order chi connectivity index (χ1) is 12.9. The summed E-state index contributed by atoms with van der Waals surface area (Å²) in [7, 11) is 3.25. The number of ether oxygens (including phenoxy) is 1. The predicted octanol–water partition coefficient (Wildman–Crippen LogP) is 2.70. The van der Waals surface area contributed by atoms with E-state index in [9.17, 15) is 19.7 Å². The van der Waals surface area contributed by atoms with Gasteiger partial charge in [0.1, 0.15) is 6.61 Å². The topological polar surface area (TPSA) is 96.2 Å². The number of nitro groups is 1. The zero-order chi connectivity index (χ0) is 19.8. The number of urea groups is 1. The molecular formula is C18H26N4O5. The van der Waals surface area contributed by atoms with Crippen LogP contribution in [0.5, 0.6) is 0 Å². The Hall–Kier alpha value is -2.84. The van der Waals surface area contributed by atoms with Crippen molar-refractivity contribution in [1.29, 1.82) is 0 Å². The van der Waals surface area contributed by atoms with Crippen LogP contribution in [0.15, 0.2) is 24.3 Å². The summed E-state index contributed by atoms with van der Waals surface area (Å²) in [5.74, 6) is 0. The Morgan fingerprint density at radius 3 is 2.56 bits per heavy atom. The second-order valence-corrected chi connectivity index (χ2v) is 6.69. The lowest BCUT2D eigenvalue weighted by molar-refractivity contribution is -0.384. The predicted molar refractivity (Wildman–Crippen MR) is 99.4 cm³/mol. The van der Waals surface area contributed by atoms with Crippen LogP contribution >= 0.6 is 0 Å². The fraction of sp³-hybridized carbons (Fsp3) is 0.556. The van der Waals surface area contributed by atoms with Crippen LogP contribution in [-0.2, 0) is 11.3 Å². The molecule has 27 heavy (non-hydrogen) atoms. The number of nitrogens with zero attached hydrogens (tertiary/aromatic N) is 4. The number of hydrogen-bond donors (Lipinski definition) is 0. The van der Waals surface area contributed by atoms with E-state index >= 15 is 0 Å². The van der Waals surface area contributed by atoms with E-state index in [2.05, 4.69) is 0 Å². The maximum absolute atomic E-state index is 12.4. The summed E-state index contributed by atoms with van der Waals surface area (Å²) in [5, 5.41) is 10.9. The Morgan fingerprint density at radius 2 is 1.93 bits per heavy atom. The first-order valence-electron chi connectivity index (χ1n) is 8.99. The summed E-state index contributed by atoms with van der Waals surface area (Å²) in [4.78, 5) is 39.6. The number of carbonyl (C=O) groups excluding carboxylic acids is 2. The van der Waals surface area contributed by atoms with Gasteiger partial charge in [-0.05, 0) is 24.8 Å². The molecule has 2 rings (SSSR count). The van der Waals surface area contributed by atoms with Gasteiger partial charge in [0.2, 0.25) is 0 Å². The van der Waals surface area contributed by atoms with Crippen LogP contribution in [-0.4, -0.2) is 72.1 Å². The highest BCUT2D eigenvalue weighted by Crippen LogP contribution is 2.15. The van der Waals surface area contributed by atoms with Gasteiger partial charge in [-0.3, -0.25) is 10.1 Å². The maximum atomic E-state index is 12.4. The molecule has 1 heterocycles. The minimum atomic E-state index is -0.470. The third-order valence-electron chi connectivity index (χ3n) is 4.35. The molecule has 0 atom stereocenters. The molecule has 0 aromatic heterocycles. The summed E-state index contributed by atoms with van der Waals surface area (Å²) >= 11 is 0. The maximum Gasteiger partial charge on any atom is 0.409 e. The SMILES string of the molecule is CN(C)C(=O)N(CCOC(=O)N1CCCCC1)Cc1cccc([N+](=O)[O-])c1. The standard InChI is InChI=1S/C18H26N4O5/c1-19(2)17(23)21(14-15-7-6-8-16(13-15)22(25)26)11-12-27-18(24)20-9-4-3-5-10-20/h6-8,13H,3-5,9-12,14H2,1-2H3. The van der Waals surface area contributed by atoms with E-state index in [4.69, 9.17) is 4.74 Å². The monoisotopic (exact) mass is 378 g/mol. The van der Waals surface area contributed by atoms with Crippen LogP contribution in [0, 0.1) is 10.1 Å². The molecule has 1 aliphatic heterocycles. The molecule has 1 aromatic rings. The Bertz CT molecular complexity index is 673. The van der Waals surface area contributed by atoms with Crippen LogP contribution in [0.25, 0.3) is 0 Å². The molecule has 0 radical (unpaired) electrons. The Kier molecular flexibility index (Phi) is 7.39. The Balaban J connectivity index is 1.95. The van der Waals surface area contributed by atoms with Crippen molar-refractivity contribution in [3.8, 4) is 0 Å².